The molecule has 0 aliphatic rings. The van der Waals surface area contributed by atoms with E-state index in [4.69, 9.17) is 14.2 Å². The first-order valence-corrected chi connectivity index (χ1v) is 26.5. The fourth-order valence-corrected chi connectivity index (χ4v) is 6.66. The number of allylic oxidation sites excluding steroid dienone is 20. The van der Waals surface area contributed by atoms with Crippen LogP contribution in [-0.4, -0.2) is 37.2 Å². The molecule has 1 atom stereocenters. The Bertz CT molecular complexity index is 1420. The Morgan fingerprint density at radius 2 is 0.606 bits per heavy atom. The lowest BCUT2D eigenvalue weighted by Gasteiger charge is -2.18. The van der Waals surface area contributed by atoms with Crippen LogP contribution < -0.4 is 0 Å². The van der Waals surface area contributed by atoms with Gasteiger partial charge in [-0.3, -0.25) is 14.4 Å². The lowest BCUT2D eigenvalue weighted by atomic mass is 10.1. The van der Waals surface area contributed by atoms with Gasteiger partial charge in [0, 0.05) is 19.3 Å². The van der Waals surface area contributed by atoms with Gasteiger partial charge in [-0.05, 0) is 116 Å². The predicted octanol–water partition coefficient (Wildman–Crippen LogP) is 17.7. The summed E-state index contributed by atoms with van der Waals surface area (Å²) in [7, 11) is 0. The zero-order chi connectivity index (χ0) is 47.9. The molecule has 0 aliphatic heterocycles. The molecule has 1 unspecified atom stereocenters. The molecule has 0 heterocycles. The van der Waals surface area contributed by atoms with Crippen molar-refractivity contribution in [2.24, 2.45) is 0 Å². The van der Waals surface area contributed by atoms with E-state index in [2.05, 4.69) is 142 Å². The Labute approximate surface area is 405 Å². The molecule has 0 bridgehead atoms. The number of carbonyl (C=O) groups excluding carboxylic acids is 3. The zero-order valence-corrected chi connectivity index (χ0v) is 42.4. The molecule has 0 radical (unpaired) electrons. The van der Waals surface area contributed by atoms with E-state index < -0.39 is 6.10 Å². The lowest BCUT2D eigenvalue weighted by Crippen LogP contribution is -2.30. The molecular formula is C60H96O6. The van der Waals surface area contributed by atoms with Crippen molar-refractivity contribution < 1.29 is 28.6 Å². The molecule has 6 nitrogen and oxygen atoms in total. The van der Waals surface area contributed by atoms with Crippen LogP contribution in [0.1, 0.15) is 220 Å². The number of hydrogen-bond donors (Lipinski definition) is 0. The SMILES string of the molecule is CC/C=C\C/C=C\C/C=C\C/C=C\C/C=C\C/C=C\C/C=C\CCCC(=O)OCC(COC(=O)CCCCCCC/C=C\CCCC)OC(=O)CCCCCCC/C=C\C/C=C\CCCC. The fraction of sp³-hybridized carbons (Fsp3) is 0.617. The van der Waals surface area contributed by atoms with Gasteiger partial charge in [-0.2, -0.15) is 0 Å². The van der Waals surface area contributed by atoms with Crippen LogP contribution >= 0.6 is 0 Å². The van der Waals surface area contributed by atoms with E-state index in [0.717, 1.165) is 128 Å². The van der Waals surface area contributed by atoms with Crippen LogP contribution in [0.5, 0.6) is 0 Å². The molecule has 0 saturated heterocycles. The van der Waals surface area contributed by atoms with E-state index in [0.29, 0.717) is 19.3 Å². The summed E-state index contributed by atoms with van der Waals surface area (Å²) in [6, 6.07) is 0. The summed E-state index contributed by atoms with van der Waals surface area (Å²) in [6.07, 6.45) is 73.3. The predicted molar refractivity (Wildman–Crippen MR) is 283 cm³/mol. The summed E-state index contributed by atoms with van der Waals surface area (Å²) in [5.74, 6) is -1.00. The number of hydrogen-bond acceptors (Lipinski definition) is 6. The van der Waals surface area contributed by atoms with Crippen LogP contribution in [0.25, 0.3) is 0 Å². The quantitative estimate of drug-likeness (QED) is 0.0262. The third kappa shape index (κ3) is 50.8. The maximum absolute atomic E-state index is 12.8. The highest BCUT2D eigenvalue weighted by molar-refractivity contribution is 5.71. The van der Waals surface area contributed by atoms with E-state index in [9.17, 15) is 14.4 Å². The summed E-state index contributed by atoms with van der Waals surface area (Å²) in [5.41, 5.74) is 0. The first kappa shape index (κ1) is 61.8. The molecule has 0 fully saturated rings. The minimum Gasteiger partial charge on any atom is -0.462 e. The van der Waals surface area contributed by atoms with Crippen molar-refractivity contribution in [3.05, 3.63) is 122 Å². The highest BCUT2D eigenvalue weighted by Crippen LogP contribution is 2.12. The highest BCUT2D eigenvalue weighted by atomic mass is 16.6. The Morgan fingerprint density at radius 1 is 0.318 bits per heavy atom. The molecule has 0 saturated carbocycles. The summed E-state index contributed by atoms with van der Waals surface area (Å²) >= 11 is 0. The molecule has 0 rings (SSSR count). The molecule has 0 spiro atoms. The standard InChI is InChI=1S/C60H96O6/c1-4-7-10-13-16-19-22-24-26-27-28-29-30-31-32-33-34-36-38-41-44-47-50-53-59(62)65-56-57(55-64-58(61)52-49-46-43-40-37-21-18-15-12-9-6-3)66-60(63)54-51-48-45-42-39-35-25-23-20-17-14-11-8-5-2/h7,10,14-19,23-26,28-29,31-32,34,36,41,44,57H,4-6,8-9,11-13,20-22,27,30,33,35,37-40,42-43,45-56H2,1-3H3/b10-7-,17-14-,18-15-,19-16-,25-23-,26-24-,29-28-,32-31-,36-34-,44-41-. The number of ether oxygens (including phenoxy) is 3. The van der Waals surface area contributed by atoms with Gasteiger partial charge in [-0.15, -0.1) is 0 Å². The van der Waals surface area contributed by atoms with Gasteiger partial charge in [0.05, 0.1) is 0 Å². The molecule has 0 aromatic rings. The van der Waals surface area contributed by atoms with Gasteiger partial charge in [0.2, 0.25) is 0 Å². The van der Waals surface area contributed by atoms with Gasteiger partial charge in [-0.25, -0.2) is 0 Å². The first-order chi connectivity index (χ1) is 32.5. The minimum absolute atomic E-state index is 0.110. The third-order valence-electron chi connectivity index (χ3n) is 10.7. The molecule has 0 N–H and O–H groups in total. The Hall–Kier alpha value is -4.19. The van der Waals surface area contributed by atoms with Crippen molar-refractivity contribution in [3.8, 4) is 0 Å². The van der Waals surface area contributed by atoms with Crippen molar-refractivity contribution >= 4 is 17.9 Å². The Balaban J connectivity index is 4.48. The number of esters is 3. The van der Waals surface area contributed by atoms with Crippen molar-refractivity contribution in [1.82, 2.24) is 0 Å². The van der Waals surface area contributed by atoms with Gasteiger partial charge < -0.3 is 14.2 Å². The molecule has 0 aromatic carbocycles. The second-order valence-corrected chi connectivity index (χ2v) is 17.0. The average molecular weight is 913 g/mol. The summed E-state index contributed by atoms with van der Waals surface area (Å²) in [4.78, 5) is 38.0. The van der Waals surface area contributed by atoms with E-state index in [1.54, 1.807) is 0 Å². The molecule has 0 aromatic heterocycles. The van der Waals surface area contributed by atoms with E-state index >= 15 is 0 Å². The molecule has 66 heavy (non-hydrogen) atoms. The summed E-state index contributed by atoms with van der Waals surface area (Å²) in [5, 5.41) is 0. The molecule has 6 heteroatoms. The normalized spacial score (nSPS) is 13.1. The fourth-order valence-electron chi connectivity index (χ4n) is 6.66. The van der Waals surface area contributed by atoms with Crippen LogP contribution in [0.3, 0.4) is 0 Å². The average Bonchev–Trinajstić information content (AvgIpc) is 3.31. The van der Waals surface area contributed by atoms with Crippen molar-refractivity contribution in [1.29, 1.82) is 0 Å². The maximum Gasteiger partial charge on any atom is 0.306 e. The van der Waals surface area contributed by atoms with Crippen LogP contribution in [0.15, 0.2) is 122 Å². The van der Waals surface area contributed by atoms with Crippen molar-refractivity contribution in [2.75, 3.05) is 13.2 Å². The monoisotopic (exact) mass is 913 g/mol. The van der Waals surface area contributed by atoms with E-state index in [1.807, 2.05) is 0 Å². The summed E-state index contributed by atoms with van der Waals surface area (Å²) in [6.45, 7) is 6.36. The zero-order valence-electron chi connectivity index (χ0n) is 42.4. The number of rotatable bonds is 46. The van der Waals surface area contributed by atoms with Crippen LogP contribution in [0.4, 0.5) is 0 Å². The Kier molecular flexibility index (Phi) is 50.0. The third-order valence-corrected chi connectivity index (χ3v) is 10.7. The smallest absolute Gasteiger partial charge is 0.306 e. The molecular weight excluding hydrogens is 817 g/mol. The van der Waals surface area contributed by atoms with Gasteiger partial charge >= 0.3 is 17.9 Å². The van der Waals surface area contributed by atoms with Crippen molar-refractivity contribution in [2.45, 2.75) is 226 Å². The summed E-state index contributed by atoms with van der Waals surface area (Å²) < 4.78 is 16.7. The van der Waals surface area contributed by atoms with Gasteiger partial charge in [0.25, 0.3) is 0 Å². The number of unbranched alkanes of at least 4 members (excludes halogenated alkanes) is 15. The largest absolute Gasteiger partial charge is 0.462 e. The van der Waals surface area contributed by atoms with Crippen LogP contribution in [-0.2, 0) is 28.6 Å². The Morgan fingerprint density at radius 3 is 1.00 bits per heavy atom. The van der Waals surface area contributed by atoms with E-state index in [-0.39, 0.29) is 37.5 Å². The second-order valence-electron chi connectivity index (χ2n) is 17.0. The highest BCUT2D eigenvalue weighted by Gasteiger charge is 2.19. The van der Waals surface area contributed by atoms with Crippen LogP contribution in [0, 0.1) is 0 Å². The van der Waals surface area contributed by atoms with Crippen LogP contribution in [0.2, 0.25) is 0 Å². The molecule has 0 aliphatic carbocycles. The number of carbonyl (C=O) groups is 3. The van der Waals surface area contributed by atoms with E-state index in [1.165, 1.54) is 44.9 Å². The minimum atomic E-state index is -0.814. The van der Waals surface area contributed by atoms with Gasteiger partial charge in [0.1, 0.15) is 13.2 Å². The molecule has 0 amide bonds. The first-order valence-electron chi connectivity index (χ1n) is 26.5. The van der Waals surface area contributed by atoms with Gasteiger partial charge in [0.15, 0.2) is 6.10 Å². The topological polar surface area (TPSA) is 78.9 Å². The second kappa shape index (κ2) is 53.4. The van der Waals surface area contributed by atoms with Crippen molar-refractivity contribution in [3.63, 3.8) is 0 Å². The lowest BCUT2D eigenvalue weighted by molar-refractivity contribution is -0.167. The van der Waals surface area contributed by atoms with Gasteiger partial charge in [-0.1, -0.05) is 206 Å². The molecule has 372 valence electrons. The maximum atomic E-state index is 12.8.